The third-order valence-corrected chi connectivity index (χ3v) is 3.27. The van der Waals surface area contributed by atoms with Gasteiger partial charge in [-0.15, -0.1) is 0 Å². The summed E-state index contributed by atoms with van der Waals surface area (Å²) in [6.45, 7) is 3.45. The number of ether oxygens (including phenoxy) is 1. The number of benzene rings is 1. The minimum absolute atomic E-state index is 0.171. The second kappa shape index (κ2) is 4.50. The van der Waals surface area contributed by atoms with Gasteiger partial charge in [0.1, 0.15) is 11.4 Å². The molecule has 0 bridgehead atoms. The zero-order valence-electron chi connectivity index (χ0n) is 10.8. The van der Waals surface area contributed by atoms with Crippen LogP contribution in [0.1, 0.15) is 31.4 Å². The van der Waals surface area contributed by atoms with Crippen molar-refractivity contribution in [1.29, 1.82) is 0 Å². The largest absolute Gasteiger partial charge is 0.488 e. The number of halogens is 2. The predicted octanol–water partition coefficient (Wildman–Crippen LogP) is 2.93. The Morgan fingerprint density at radius 3 is 2.78 bits per heavy atom. The zero-order chi connectivity index (χ0) is 13.4. The van der Waals surface area contributed by atoms with Crippen molar-refractivity contribution in [2.24, 2.45) is 5.73 Å². The van der Waals surface area contributed by atoms with Crippen LogP contribution in [0, 0.1) is 0 Å². The molecule has 0 amide bonds. The fourth-order valence-electron chi connectivity index (χ4n) is 2.19. The van der Waals surface area contributed by atoms with Gasteiger partial charge >= 0.3 is 0 Å². The topological polar surface area (TPSA) is 35.2 Å². The van der Waals surface area contributed by atoms with Crippen molar-refractivity contribution in [3.63, 3.8) is 0 Å². The number of nitrogens with two attached hydrogens (primary N) is 1. The standard InChI is InChI=1S/C14H19F2NO/c1-13(2)6-5-11-7-10(3-4-12(11)18-13)8-14(15,16)9-17/h3-4,7H,5-6,8-9,17H2,1-2H3. The average Bonchev–Trinajstić information content (AvgIpc) is 2.28. The number of rotatable bonds is 3. The summed E-state index contributed by atoms with van der Waals surface area (Å²) in [5.41, 5.74) is 6.51. The second-order valence-corrected chi connectivity index (χ2v) is 5.54. The first-order valence-corrected chi connectivity index (χ1v) is 6.20. The van der Waals surface area contributed by atoms with Crippen LogP contribution in [0.15, 0.2) is 18.2 Å². The SMILES string of the molecule is CC1(C)CCc2cc(CC(F)(F)CN)ccc2O1. The average molecular weight is 255 g/mol. The number of hydrogen-bond acceptors (Lipinski definition) is 2. The van der Waals surface area contributed by atoms with Crippen LogP contribution in [0.4, 0.5) is 8.78 Å². The van der Waals surface area contributed by atoms with Gasteiger partial charge in [0.2, 0.25) is 0 Å². The molecule has 0 aromatic heterocycles. The van der Waals surface area contributed by atoms with Gasteiger partial charge in [-0.25, -0.2) is 8.78 Å². The maximum atomic E-state index is 13.2. The molecule has 1 aliphatic rings. The molecule has 0 atom stereocenters. The molecule has 1 aliphatic heterocycles. The van der Waals surface area contributed by atoms with Gasteiger partial charge in [-0.2, -0.15) is 0 Å². The Morgan fingerprint density at radius 2 is 2.11 bits per heavy atom. The molecule has 2 rings (SSSR count). The maximum Gasteiger partial charge on any atom is 0.264 e. The molecule has 0 spiro atoms. The Labute approximate surface area is 106 Å². The third kappa shape index (κ3) is 2.99. The zero-order valence-corrected chi connectivity index (χ0v) is 10.8. The molecule has 1 aromatic carbocycles. The molecule has 0 radical (unpaired) electrons. The normalized spacial score (nSPS) is 18.1. The molecule has 4 heteroatoms. The molecule has 0 saturated heterocycles. The summed E-state index contributed by atoms with van der Waals surface area (Å²) in [5, 5.41) is 0. The molecular formula is C14H19F2NO. The molecule has 0 aliphatic carbocycles. The fraction of sp³-hybridized carbons (Fsp3) is 0.571. The van der Waals surface area contributed by atoms with Crippen LogP contribution in [-0.4, -0.2) is 18.1 Å². The van der Waals surface area contributed by atoms with Gasteiger partial charge in [0.05, 0.1) is 6.54 Å². The highest BCUT2D eigenvalue weighted by atomic mass is 19.3. The van der Waals surface area contributed by atoms with Crippen LogP contribution >= 0.6 is 0 Å². The molecule has 0 unspecified atom stereocenters. The van der Waals surface area contributed by atoms with Crippen molar-refractivity contribution in [2.75, 3.05) is 6.54 Å². The lowest BCUT2D eigenvalue weighted by Crippen LogP contribution is -2.33. The summed E-state index contributed by atoms with van der Waals surface area (Å²) in [7, 11) is 0. The lowest BCUT2D eigenvalue weighted by molar-refractivity contribution is 0.0113. The summed E-state index contributed by atoms with van der Waals surface area (Å²) in [6.07, 6.45) is 1.46. The summed E-state index contributed by atoms with van der Waals surface area (Å²) < 4.78 is 32.3. The summed E-state index contributed by atoms with van der Waals surface area (Å²) in [6, 6.07) is 5.30. The third-order valence-electron chi connectivity index (χ3n) is 3.27. The van der Waals surface area contributed by atoms with Gasteiger partial charge < -0.3 is 10.5 Å². The van der Waals surface area contributed by atoms with Gasteiger partial charge in [-0.05, 0) is 43.9 Å². The van der Waals surface area contributed by atoms with E-state index in [1.165, 1.54) is 0 Å². The maximum absolute atomic E-state index is 13.2. The van der Waals surface area contributed by atoms with Gasteiger partial charge in [0.25, 0.3) is 5.92 Å². The number of fused-ring (bicyclic) bond motifs is 1. The highest BCUT2D eigenvalue weighted by Crippen LogP contribution is 2.34. The minimum Gasteiger partial charge on any atom is -0.488 e. The van der Waals surface area contributed by atoms with Gasteiger partial charge in [0.15, 0.2) is 0 Å². The van der Waals surface area contributed by atoms with E-state index < -0.39 is 12.5 Å². The van der Waals surface area contributed by atoms with Gasteiger partial charge in [0, 0.05) is 6.42 Å². The molecule has 1 aromatic rings. The van der Waals surface area contributed by atoms with Gasteiger partial charge in [-0.1, -0.05) is 12.1 Å². The van der Waals surface area contributed by atoms with E-state index in [4.69, 9.17) is 10.5 Å². The lowest BCUT2D eigenvalue weighted by atomic mass is 9.92. The van der Waals surface area contributed by atoms with E-state index in [0.717, 1.165) is 24.2 Å². The molecule has 18 heavy (non-hydrogen) atoms. The Balaban J connectivity index is 2.19. The monoisotopic (exact) mass is 255 g/mol. The van der Waals surface area contributed by atoms with E-state index in [-0.39, 0.29) is 12.0 Å². The van der Waals surface area contributed by atoms with E-state index >= 15 is 0 Å². The van der Waals surface area contributed by atoms with E-state index in [2.05, 4.69) is 0 Å². The molecule has 2 N–H and O–H groups in total. The first-order valence-electron chi connectivity index (χ1n) is 6.20. The van der Waals surface area contributed by atoms with Crippen LogP contribution in [0.25, 0.3) is 0 Å². The summed E-state index contributed by atoms with van der Waals surface area (Å²) >= 11 is 0. The van der Waals surface area contributed by atoms with Crippen LogP contribution in [0.3, 0.4) is 0 Å². The molecule has 0 fully saturated rings. The van der Waals surface area contributed by atoms with Crippen molar-refractivity contribution >= 4 is 0 Å². The molecular weight excluding hydrogens is 236 g/mol. The number of alkyl halides is 2. The second-order valence-electron chi connectivity index (χ2n) is 5.54. The number of aryl methyl sites for hydroxylation is 1. The van der Waals surface area contributed by atoms with E-state index in [9.17, 15) is 8.78 Å². The number of hydrogen-bond donors (Lipinski definition) is 1. The Morgan fingerprint density at radius 1 is 1.39 bits per heavy atom. The van der Waals surface area contributed by atoms with Crippen LogP contribution in [0.2, 0.25) is 0 Å². The lowest BCUT2D eigenvalue weighted by Gasteiger charge is -2.32. The Bertz CT molecular complexity index is 443. The van der Waals surface area contributed by atoms with Crippen molar-refractivity contribution in [3.8, 4) is 5.75 Å². The fourth-order valence-corrected chi connectivity index (χ4v) is 2.19. The van der Waals surface area contributed by atoms with Crippen LogP contribution in [-0.2, 0) is 12.8 Å². The molecule has 100 valence electrons. The first-order chi connectivity index (χ1) is 8.31. The quantitative estimate of drug-likeness (QED) is 0.901. The Kier molecular flexibility index (Phi) is 3.32. The van der Waals surface area contributed by atoms with Crippen molar-refractivity contribution in [1.82, 2.24) is 0 Å². The van der Waals surface area contributed by atoms with E-state index in [1.807, 2.05) is 19.9 Å². The minimum atomic E-state index is -2.83. The molecule has 1 heterocycles. The summed E-state index contributed by atoms with van der Waals surface area (Å²) in [5.74, 6) is -2.02. The smallest absolute Gasteiger partial charge is 0.264 e. The van der Waals surface area contributed by atoms with Crippen molar-refractivity contribution < 1.29 is 13.5 Å². The summed E-state index contributed by atoms with van der Waals surface area (Å²) in [4.78, 5) is 0. The molecule has 0 saturated carbocycles. The van der Waals surface area contributed by atoms with E-state index in [1.54, 1.807) is 12.1 Å². The first kappa shape index (κ1) is 13.3. The van der Waals surface area contributed by atoms with Crippen LogP contribution < -0.4 is 10.5 Å². The highest BCUT2D eigenvalue weighted by Gasteiger charge is 2.29. The predicted molar refractivity (Wildman–Crippen MR) is 67.2 cm³/mol. The molecule has 2 nitrogen and oxygen atoms in total. The van der Waals surface area contributed by atoms with Crippen LogP contribution in [0.5, 0.6) is 5.75 Å². The van der Waals surface area contributed by atoms with Crippen molar-refractivity contribution in [3.05, 3.63) is 29.3 Å². The highest BCUT2D eigenvalue weighted by molar-refractivity contribution is 5.39. The van der Waals surface area contributed by atoms with E-state index in [0.29, 0.717) is 5.56 Å². The Hall–Kier alpha value is -1.16. The van der Waals surface area contributed by atoms with Crippen molar-refractivity contribution in [2.45, 2.75) is 44.6 Å². The van der Waals surface area contributed by atoms with Gasteiger partial charge in [-0.3, -0.25) is 0 Å².